The minimum absolute atomic E-state index is 0.231. The Labute approximate surface area is 150 Å². The highest BCUT2D eigenvalue weighted by Crippen LogP contribution is 2.23. The lowest BCUT2D eigenvalue weighted by molar-refractivity contribution is -0.118. The first-order valence-corrected chi connectivity index (χ1v) is 8.31. The molecular formula is C17H18ClN5O2. The number of hydrogen-bond acceptors (Lipinski definition) is 5. The van der Waals surface area contributed by atoms with E-state index in [2.05, 4.69) is 15.5 Å². The minimum atomic E-state index is -0.338. The molecule has 1 saturated heterocycles. The monoisotopic (exact) mass is 359 g/mol. The van der Waals surface area contributed by atoms with Crippen LogP contribution in [-0.4, -0.2) is 53.6 Å². The van der Waals surface area contributed by atoms with Crippen LogP contribution < -0.4 is 10.2 Å². The van der Waals surface area contributed by atoms with Crippen molar-refractivity contribution in [3.05, 3.63) is 46.6 Å². The van der Waals surface area contributed by atoms with Gasteiger partial charge in [-0.3, -0.25) is 9.59 Å². The van der Waals surface area contributed by atoms with Gasteiger partial charge in [-0.05, 0) is 36.8 Å². The van der Waals surface area contributed by atoms with E-state index in [1.807, 2.05) is 11.8 Å². The van der Waals surface area contributed by atoms with Gasteiger partial charge in [-0.25, -0.2) is 0 Å². The van der Waals surface area contributed by atoms with E-state index in [-0.39, 0.29) is 11.6 Å². The zero-order chi connectivity index (χ0) is 17.8. The van der Waals surface area contributed by atoms with E-state index in [0.717, 1.165) is 12.0 Å². The fourth-order valence-electron chi connectivity index (χ4n) is 2.60. The summed E-state index contributed by atoms with van der Waals surface area (Å²) in [4.78, 5) is 26.8. The molecule has 0 bridgehead atoms. The fraction of sp³-hybridized carbons (Fsp3) is 0.294. The third-order valence-electron chi connectivity index (χ3n) is 4.19. The molecule has 25 heavy (non-hydrogen) atoms. The van der Waals surface area contributed by atoms with Gasteiger partial charge in [0.1, 0.15) is 0 Å². The van der Waals surface area contributed by atoms with Crippen LogP contribution in [-0.2, 0) is 4.79 Å². The lowest BCUT2D eigenvalue weighted by atomic mass is 10.2. The predicted octanol–water partition coefficient (Wildman–Crippen LogP) is 1.97. The van der Waals surface area contributed by atoms with Gasteiger partial charge in [-0.15, -0.1) is 10.2 Å². The highest BCUT2D eigenvalue weighted by Gasteiger charge is 2.18. The molecular weight excluding hydrogens is 342 g/mol. The molecule has 8 heteroatoms. The van der Waals surface area contributed by atoms with E-state index in [1.165, 1.54) is 0 Å². The molecule has 130 valence electrons. The van der Waals surface area contributed by atoms with Crippen LogP contribution in [0.2, 0.25) is 5.02 Å². The molecule has 1 fully saturated rings. The molecule has 2 aromatic rings. The van der Waals surface area contributed by atoms with E-state index < -0.39 is 0 Å². The number of nitrogens with zero attached hydrogens (tertiary/aromatic N) is 4. The number of aromatic nitrogens is 2. The average molecular weight is 360 g/mol. The molecule has 3 rings (SSSR count). The van der Waals surface area contributed by atoms with Crippen LogP contribution in [0.15, 0.2) is 30.3 Å². The number of halogens is 1. The molecule has 0 atom stereocenters. The second kappa shape index (κ2) is 7.48. The van der Waals surface area contributed by atoms with Gasteiger partial charge in [0.05, 0.1) is 0 Å². The Bertz CT molecular complexity index is 773. The first-order chi connectivity index (χ1) is 12.1. The second-order valence-electron chi connectivity index (χ2n) is 5.77. The topological polar surface area (TPSA) is 78.4 Å². The first-order valence-electron chi connectivity index (χ1n) is 7.93. The van der Waals surface area contributed by atoms with Crippen molar-refractivity contribution >= 4 is 35.4 Å². The number of nitrogens with one attached hydrogen (secondary N) is 1. The van der Waals surface area contributed by atoms with Crippen LogP contribution in [0.25, 0.3) is 0 Å². The van der Waals surface area contributed by atoms with Gasteiger partial charge in [0.2, 0.25) is 6.41 Å². The predicted molar refractivity (Wildman–Crippen MR) is 96.0 cm³/mol. The normalized spacial score (nSPS) is 14.3. The summed E-state index contributed by atoms with van der Waals surface area (Å²) in [6.07, 6.45) is 0.855. The third-order valence-corrected chi connectivity index (χ3v) is 4.60. The summed E-state index contributed by atoms with van der Waals surface area (Å²) in [6, 6.07) is 8.74. The van der Waals surface area contributed by atoms with Gasteiger partial charge >= 0.3 is 0 Å². The molecule has 1 aromatic heterocycles. The molecule has 2 amide bonds. The number of carbonyl (C=O) groups is 2. The molecule has 1 aliphatic heterocycles. The summed E-state index contributed by atoms with van der Waals surface area (Å²) in [5.74, 6) is 0.358. The van der Waals surface area contributed by atoms with E-state index in [4.69, 9.17) is 11.6 Å². The summed E-state index contributed by atoms with van der Waals surface area (Å²) >= 11 is 6.06. The lowest BCUT2D eigenvalue weighted by Gasteiger charge is -2.32. The van der Waals surface area contributed by atoms with E-state index in [9.17, 15) is 9.59 Å². The zero-order valence-corrected chi connectivity index (χ0v) is 14.5. The van der Waals surface area contributed by atoms with Crippen molar-refractivity contribution in [3.8, 4) is 0 Å². The Balaban J connectivity index is 1.67. The molecule has 0 spiro atoms. The summed E-state index contributed by atoms with van der Waals surface area (Å²) in [6.45, 7) is 4.54. The SMILES string of the molecule is Cc1c(Cl)cccc1NC(=O)c1ccc(N2CCN(C=O)CC2)nn1. The van der Waals surface area contributed by atoms with Crippen LogP contribution in [0, 0.1) is 6.92 Å². The lowest BCUT2D eigenvalue weighted by Crippen LogP contribution is -2.46. The number of amides is 2. The van der Waals surface area contributed by atoms with Crippen LogP contribution in [0.3, 0.4) is 0 Å². The molecule has 1 N–H and O–H groups in total. The Hall–Kier alpha value is -2.67. The molecule has 0 radical (unpaired) electrons. The van der Waals surface area contributed by atoms with Gasteiger partial charge in [0.25, 0.3) is 5.91 Å². The van der Waals surface area contributed by atoms with Gasteiger partial charge < -0.3 is 15.1 Å². The van der Waals surface area contributed by atoms with Crippen LogP contribution in [0.4, 0.5) is 11.5 Å². The third kappa shape index (κ3) is 3.88. The standard InChI is InChI=1S/C17H18ClN5O2/c1-12-13(18)3-2-4-14(12)19-17(25)15-5-6-16(21-20-15)23-9-7-22(11-24)8-10-23/h2-6,11H,7-10H2,1H3,(H,19,25). The average Bonchev–Trinajstić information content (AvgIpc) is 2.65. The summed E-state index contributed by atoms with van der Waals surface area (Å²) in [7, 11) is 0. The number of piperazine rings is 1. The second-order valence-corrected chi connectivity index (χ2v) is 6.18. The Kier molecular flexibility index (Phi) is 5.14. The van der Waals surface area contributed by atoms with Gasteiger partial charge in [-0.1, -0.05) is 17.7 Å². The number of hydrogen-bond donors (Lipinski definition) is 1. The number of benzene rings is 1. The van der Waals surface area contributed by atoms with Crippen LogP contribution in [0.5, 0.6) is 0 Å². The zero-order valence-electron chi connectivity index (χ0n) is 13.8. The molecule has 7 nitrogen and oxygen atoms in total. The van der Waals surface area contributed by atoms with E-state index in [1.54, 1.807) is 35.2 Å². The minimum Gasteiger partial charge on any atom is -0.352 e. The van der Waals surface area contributed by atoms with Crippen molar-refractivity contribution < 1.29 is 9.59 Å². The first kappa shape index (κ1) is 17.2. The highest BCUT2D eigenvalue weighted by atomic mass is 35.5. The Morgan fingerprint density at radius 3 is 2.56 bits per heavy atom. The van der Waals surface area contributed by atoms with Gasteiger partial charge in [-0.2, -0.15) is 0 Å². The molecule has 1 aromatic carbocycles. The van der Waals surface area contributed by atoms with Crippen LogP contribution >= 0.6 is 11.6 Å². The molecule has 0 unspecified atom stereocenters. The van der Waals surface area contributed by atoms with Crippen LogP contribution in [0.1, 0.15) is 16.1 Å². The van der Waals surface area contributed by atoms with Gasteiger partial charge in [0, 0.05) is 36.9 Å². The van der Waals surface area contributed by atoms with Crippen molar-refractivity contribution in [2.45, 2.75) is 6.92 Å². The van der Waals surface area contributed by atoms with E-state index >= 15 is 0 Å². The smallest absolute Gasteiger partial charge is 0.276 e. The summed E-state index contributed by atoms with van der Waals surface area (Å²) in [5, 5.41) is 11.5. The number of anilines is 2. The number of carbonyl (C=O) groups excluding carboxylic acids is 2. The van der Waals surface area contributed by atoms with Crippen molar-refractivity contribution in [2.75, 3.05) is 36.4 Å². The highest BCUT2D eigenvalue weighted by molar-refractivity contribution is 6.31. The molecule has 0 saturated carbocycles. The van der Waals surface area contributed by atoms with Gasteiger partial charge in [0.15, 0.2) is 11.5 Å². The maximum absolute atomic E-state index is 12.3. The van der Waals surface area contributed by atoms with Crippen molar-refractivity contribution in [1.82, 2.24) is 15.1 Å². The Morgan fingerprint density at radius 1 is 1.16 bits per heavy atom. The van der Waals surface area contributed by atoms with Crippen molar-refractivity contribution in [2.24, 2.45) is 0 Å². The molecule has 1 aliphatic rings. The van der Waals surface area contributed by atoms with E-state index in [0.29, 0.717) is 42.7 Å². The fourth-order valence-corrected chi connectivity index (χ4v) is 2.78. The quantitative estimate of drug-likeness (QED) is 0.844. The molecule has 2 heterocycles. The summed E-state index contributed by atoms with van der Waals surface area (Å²) in [5.41, 5.74) is 1.68. The maximum Gasteiger partial charge on any atom is 0.276 e. The number of rotatable bonds is 4. The maximum atomic E-state index is 12.3. The van der Waals surface area contributed by atoms with Crippen molar-refractivity contribution in [1.29, 1.82) is 0 Å². The molecule has 0 aliphatic carbocycles. The Morgan fingerprint density at radius 2 is 1.92 bits per heavy atom. The van der Waals surface area contributed by atoms with Crippen molar-refractivity contribution in [3.63, 3.8) is 0 Å². The largest absolute Gasteiger partial charge is 0.352 e. The summed E-state index contributed by atoms with van der Waals surface area (Å²) < 4.78 is 0.